The van der Waals surface area contributed by atoms with Crippen LogP contribution in [-0.2, 0) is 11.3 Å². The van der Waals surface area contributed by atoms with Gasteiger partial charge in [-0.25, -0.2) is 13.6 Å². The number of aliphatic imine (C=N–C) groups is 1. The van der Waals surface area contributed by atoms with Gasteiger partial charge in [-0.05, 0) is 29.8 Å². The van der Waals surface area contributed by atoms with E-state index >= 15 is 0 Å². The molecule has 0 bridgehead atoms. The third-order valence-electron chi connectivity index (χ3n) is 2.98. The summed E-state index contributed by atoms with van der Waals surface area (Å²) in [6, 6.07) is 8.11. The summed E-state index contributed by atoms with van der Waals surface area (Å²) in [6.07, 6.45) is 1.48. The summed E-state index contributed by atoms with van der Waals surface area (Å²) < 4.78 is 31.1. The molecule has 0 aromatic heterocycles. The van der Waals surface area contributed by atoms with Gasteiger partial charge < -0.3 is 4.74 Å². The zero-order valence-corrected chi connectivity index (χ0v) is 10.3. The lowest BCUT2D eigenvalue weighted by atomic mass is 10.1. The predicted molar refractivity (Wildman–Crippen MR) is 69.2 cm³/mol. The molecule has 0 fully saturated rings. The lowest BCUT2D eigenvalue weighted by molar-refractivity contribution is 0.0535. The molecular formula is C15H9F2NO2. The molecule has 1 aliphatic heterocycles. The van der Waals surface area contributed by atoms with Gasteiger partial charge in [0.1, 0.15) is 18.2 Å². The highest BCUT2D eigenvalue weighted by molar-refractivity contribution is 5.95. The fraction of sp³-hybridized carbons (Fsp3) is 0.0667. The van der Waals surface area contributed by atoms with Gasteiger partial charge in [-0.15, -0.1) is 0 Å². The molecule has 0 spiro atoms. The van der Waals surface area contributed by atoms with Crippen LogP contribution in [0.2, 0.25) is 0 Å². The first kappa shape index (κ1) is 12.5. The summed E-state index contributed by atoms with van der Waals surface area (Å²) in [7, 11) is 0. The van der Waals surface area contributed by atoms with Crippen molar-refractivity contribution in [3.8, 4) is 0 Å². The summed E-state index contributed by atoms with van der Waals surface area (Å²) in [5, 5.41) is 0. The van der Waals surface area contributed by atoms with E-state index in [1.165, 1.54) is 24.4 Å². The number of benzene rings is 2. The number of rotatable bonds is 2. The van der Waals surface area contributed by atoms with Crippen LogP contribution in [0.15, 0.2) is 41.4 Å². The zero-order valence-electron chi connectivity index (χ0n) is 10.3. The van der Waals surface area contributed by atoms with E-state index < -0.39 is 11.8 Å². The fourth-order valence-corrected chi connectivity index (χ4v) is 1.98. The third-order valence-corrected chi connectivity index (χ3v) is 2.98. The van der Waals surface area contributed by atoms with Crippen LogP contribution in [0.5, 0.6) is 0 Å². The first-order chi connectivity index (χ1) is 9.63. The molecule has 0 aliphatic carbocycles. The van der Waals surface area contributed by atoms with Gasteiger partial charge >= 0.3 is 5.97 Å². The van der Waals surface area contributed by atoms with Gasteiger partial charge in [0.15, 0.2) is 0 Å². The lowest BCUT2D eigenvalue weighted by Gasteiger charge is -2.01. The van der Waals surface area contributed by atoms with Crippen molar-refractivity contribution in [3.63, 3.8) is 0 Å². The molecule has 2 aromatic carbocycles. The topological polar surface area (TPSA) is 38.7 Å². The lowest BCUT2D eigenvalue weighted by Crippen LogP contribution is -1.94. The maximum absolute atomic E-state index is 13.4. The van der Waals surface area contributed by atoms with E-state index in [1.54, 1.807) is 12.1 Å². The number of cyclic esters (lactones) is 1. The Morgan fingerprint density at radius 3 is 2.60 bits per heavy atom. The van der Waals surface area contributed by atoms with Crippen LogP contribution in [-0.4, -0.2) is 12.2 Å². The second-order valence-corrected chi connectivity index (χ2v) is 4.34. The number of ether oxygens (including phenoxy) is 1. The normalized spacial score (nSPS) is 13.6. The Labute approximate surface area is 113 Å². The number of carbonyl (C=O) groups excluding carboxylic acids is 1. The quantitative estimate of drug-likeness (QED) is 0.621. The highest BCUT2D eigenvalue weighted by atomic mass is 19.1. The maximum atomic E-state index is 13.4. The first-order valence-corrected chi connectivity index (χ1v) is 5.92. The SMILES string of the molecule is O=C1OCc2c(N=Cc3ccc(F)cc3)cc(F)cc21. The first-order valence-electron chi connectivity index (χ1n) is 5.92. The highest BCUT2D eigenvalue weighted by Gasteiger charge is 2.24. The van der Waals surface area contributed by atoms with Crippen LogP contribution in [0, 0.1) is 11.6 Å². The number of nitrogens with zero attached hydrogens (tertiary/aromatic N) is 1. The smallest absolute Gasteiger partial charge is 0.339 e. The summed E-state index contributed by atoms with van der Waals surface area (Å²) in [5.41, 5.74) is 1.79. The van der Waals surface area contributed by atoms with Crippen molar-refractivity contribution < 1.29 is 18.3 Å². The Hall–Kier alpha value is -2.56. The molecule has 20 heavy (non-hydrogen) atoms. The van der Waals surface area contributed by atoms with E-state index in [0.717, 1.165) is 6.07 Å². The number of carbonyl (C=O) groups is 1. The van der Waals surface area contributed by atoms with Gasteiger partial charge in [0, 0.05) is 11.8 Å². The van der Waals surface area contributed by atoms with Gasteiger partial charge in [-0.3, -0.25) is 4.99 Å². The molecule has 100 valence electrons. The highest BCUT2D eigenvalue weighted by Crippen LogP contribution is 2.30. The Balaban J connectivity index is 1.97. The summed E-state index contributed by atoms with van der Waals surface area (Å²) in [6.45, 7) is 0.0878. The molecule has 2 aromatic rings. The summed E-state index contributed by atoms with van der Waals surface area (Å²) in [4.78, 5) is 15.6. The average molecular weight is 273 g/mol. The molecule has 0 atom stereocenters. The van der Waals surface area contributed by atoms with Gasteiger partial charge in [0.2, 0.25) is 0 Å². The van der Waals surface area contributed by atoms with Gasteiger partial charge in [0.25, 0.3) is 0 Å². The fourth-order valence-electron chi connectivity index (χ4n) is 1.98. The largest absolute Gasteiger partial charge is 0.457 e. The molecule has 3 rings (SSSR count). The second-order valence-electron chi connectivity index (χ2n) is 4.34. The van der Waals surface area contributed by atoms with Crippen molar-refractivity contribution in [2.24, 2.45) is 4.99 Å². The molecule has 0 N–H and O–H groups in total. The van der Waals surface area contributed by atoms with E-state index in [1.807, 2.05) is 0 Å². The van der Waals surface area contributed by atoms with Crippen molar-refractivity contribution in [1.29, 1.82) is 0 Å². The minimum atomic E-state index is -0.547. The number of hydrogen-bond acceptors (Lipinski definition) is 3. The Kier molecular flexibility index (Phi) is 3.02. The second kappa shape index (κ2) is 4.85. The van der Waals surface area contributed by atoms with Crippen LogP contribution >= 0.6 is 0 Å². The van der Waals surface area contributed by atoms with Gasteiger partial charge in [0.05, 0.1) is 11.3 Å². The Morgan fingerprint density at radius 2 is 1.85 bits per heavy atom. The predicted octanol–water partition coefficient (Wildman–Crippen LogP) is 3.39. The number of fused-ring (bicyclic) bond motifs is 1. The number of halogens is 2. The molecule has 0 saturated carbocycles. The molecule has 5 heteroatoms. The van der Waals surface area contributed by atoms with E-state index in [-0.39, 0.29) is 18.0 Å². The van der Waals surface area contributed by atoms with Crippen LogP contribution in [0.1, 0.15) is 21.5 Å². The molecular weight excluding hydrogens is 264 g/mol. The molecule has 3 nitrogen and oxygen atoms in total. The third kappa shape index (κ3) is 2.30. The molecule has 1 aliphatic rings. The van der Waals surface area contributed by atoms with E-state index in [2.05, 4.69) is 4.99 Å². The minimum Gasteiger partial charge on any atom is -0.457 e. The van der Waals surface area contributed by atoms with Crippen LogP contribution in [0.3, 0.4) is 0 Å². The monoisotopic (exact) mass is 273 g/mol. The van der Waals surface area contributed by atoms with Crippen molar-refractivity contribution in [2.45, 2.75) is 6.61 Å². The van der Waals surface area contributed by atoms with Crippen molar-refractivity contribution >= 4 is 17.9 Å². The molecule has 0 radical (unpaired) electrons. The average Bonchev–Trinajstić information content (AvgIpc) is 2.80. The van der Waals surface area contributed by atoms with Gasteiger partial charge in [-0.2, -0.15) is 0 Å². The molecule has 0 amide bonds. The van der Waals surface area contributed by atoms with Crippen molar-refractivity contribution in [1.82, 2.24) is 0 Å². The molecule has 1 heterocycles. The van der Waals surface area contributed by atoms with E-state index in [4.69, 9.17) is 4.74 Å². The summed E-state index contributed by atoms with van der Waals surface area (Å²) in [5.74, 6) is -1.43. The number of esters is 1. The standard InChI is InChI=1S/C15H9F2NO2/c16-10-3-1-9(2-4-10)7-18-14-6-11(17)5-12-13(14)8-20-15(12)19/h1-7H,8H2. The molecule has 0 unspecified atom stereocenters. The number of hydrogen-bond donors (Lipinski definition) is 0. The maximum Gasteiger partial charge on any atom is 0.339 e. The van der Waals surface area contributed by atoms with Crippen molar-refractivity contribution in [3.05, 3.63) is 64.7 Å². The summed E-state index contributed by atoms with van der Waals surface area (Å²) >= 11 is 0. The Morgan fingerprint density at radius 1 is 1.10 bits per heavy atom. The zero-order chi connectivity index (χ0) is 14.1. The van der Waals surface area contributed by atoms with E-state index in [9.17, 15) is 13.6 Å². The van der Waals surface area contributed by atoms with Gasteiger partial charge in [-0.1, -0.05) is 12.1 Å². The van der Waals surface area contributed by atoms with Crippen LogP contribution < -0.4 is 0 Å². The Bertz CT molecular complexity index is 709. The van der Waals surface area contributed by atoms with Crippen LogP contribution in [0.25, 0.3) is 0 Å². The van der Waals surface area contributed by atoms with E-state index in [0.29, 0.717) is 16.8 Å². The molecule has 0 saturated heterocycles. The van der Waals surface area contributed by atoms with Crippen LogP contribution in [0.4, 0.5) is 14.5 Å². The van der Waals surface area contributed by atoms with Crippen molar-refractivity contribution in [2.75, 3.05) is 0 Å². The minimum absolute atomic E-state index is 0.0878.